The fraction of sp³-hybridized carbons (Fsp3) is 0.350. The number of nitrogens with two attached hydrogens (primary N) is 1. The van der Waals surface area contributed by atoms with Crippen LogP contribution in [-0.4, -0.2) is 22.5 Å². The number of primary amides is 1. The van der Waals surface area contributed by atoms with Gasteiger partial charge in [0.15, 0.2) is 0 Å². The van der Waals surface area contributed by atoms with Crippen molar-refractivity contribution < 1.29 is 14.3 Å². The molecule has 0 radical (unpaired) electrons. The molecular weight excluding hydrogens is 316 g/mol. The van der Waals surface area contributed by atoms with Crippen LogP contribution in [0, 0.1) is 5.41 Å². The molecule has 1 unspecified atom stereocenters. The Morgan fingerprint density at radius 2 is 1.92 bits per heavy atom. The quantitative estimate of drug-likeness (QED) is 0.839. The fourth-order valence-corrected chi connectivity index (χ4v) is 2.98. The van der Waals surface area contributed by atoms with Crippen molar-refractivity contribution in [1.29, 1.82) is 0 Å². The van der Waals surface area contributed by atoms with Crippen LogP contribution in [0.25, 0.3) is 22.6 Å². The number of carbonyl (C=O) groups excluding carboxylic acids is 2. The molecule has 5 nitrogen and oxygen atoms in total. The lowest BCUT2D eigenvalue weighted by Crippen LogP contribution is -2.45. The summed E-state index contributed by atoms with van der Waals surface area (Å²) in [7, 11) is 0. The number of carbonyl (C=O) groups is 2. The molecule has 2 N–H and O–H groups in total. The molecule has 0 saturated heterocycles. The number of hydrogen-bond acceptors (Lipinski definition) is 4. The molecule has 0 saturated carbocycles. The number of hydrogen-bond donors (Lipinski definition) is 1. The number of aromatic nitrogens is 1. The van der Waals surface area contributed by atoms with Gasteiger partial charge in [0.25, 0.3) is 0 Å². The van der Waals surface area contributed by atoms with E-state index in [2.05, 4.69) is 4.98 Å². The lowest BCUT2D eigenvalue weighted by atomic mass is 9.78. The van der Waals surface area contributed by atoms with E-state index in [0.717, 1.165) is 10.9 Å². The first-order valence-corrected chi connectivity index (χ1v) is 8.24. The van der Waals surface area contributed by atoms with Crippen LogP contribution in [0.4, 0.5) is 0 Å². The number of amides is 1. The van der Waals surface area contributed by atoms with E-state index < -0.39 is 22.9 Å². The smallest absolute Gasteiger partial charge is 0.335 e. The summed E-state index contributed by atoms with van der Waals surface area (Å²) in [6, 6.07) is 9.58. The molecule has 5 heteroatoms. The molecule has 0 aliphatic heterocycles. The number of para-hydroxylation sites is 1. The molecule has 2 aromatic rings. The summed E-state index contributed by atoms with van der Waals surface area (Å²) < 4.78 is 5.55. The molecule has 0 bridgehead atoms. The minimum atomic E-state index is -0.977. The van der Waals surface area contributed by atoms with Crippen LogP contribution < -0.4 is 16.3 Å². The Balaban J connectivity index is 2.32. The van der Waals surface area contributed by atoms with Crippen LogP contribution >= 0.6 is 0 Å². The van der Waals surface area contributed by atoms with Crippen LogP contribution in [-0.2, 0) is 14.3 Å². The van der Waals surface area contributed by atoms with Gasteiger partial charge in [-0.1, -0.05) is 18.2 Å². The Bertz CT molecular complexity index is 1000. The Morgan fingerprint density at radius 3 is 2.56 bits per heavy atom. The monoisotopic (exact) mass is 338 g/mol. The van der Waals surface area contributed by atoms with E-state index in [1.54, 1.807) is 13.0 Å². The van der Waals surface area contributed by atoms with E-state index in [1.165, 1.54) is 0 Å². The number of fused-ring (bicyclic) bond motifs is 2. The zero-order valence-electron chi connectivity index (χ0n) is 14.9. The number of benzene rings is 1. The molecular formula is C20H22N2O3. The molecule has 130 valence electrons. The lowest BCUT2D eigenvalue weighted by molar-refractivity contribution is -0.147. The van der Waals surface area contributed by atoms with Crippen LogP contribution in [0.5, 0.6) is 0 Å². The Kier molecular flexibility index (Phi) is 3.90. The van der Waals surface area contributed by atoms with Crippen molar-refractivity contribution in [1.82, 2.24) is 4.98 Å². The van der Waals surface area contributed by atoms with Gasteiger partial charge in [0.1, 0.15) is 5.60 Å². The number of rotatable bonds is 2. The molecule has 1 aliphatic carbocycles. The largest absolute Gasteiger partial charge is 0.457 e. The van der Waals surface area contributed by atoms with Crippen molar-refractivity contribution in [2.45, 2.75) is 39.7 Å². The summed E-state index contributed by atoms with van der Waals surface area (Å²) in [6.45, 7) is 7.16. The second-order valence-electron chi connectivity index (χ2n) is 7.70. The fourth-order valence-electron chi connectivity index (χ4n) is 2.98. The number of nitrogens with zero attached hydrogens (tertiary/aromatic N) is 1. The van der Waals surface area contributed by atoms with E-state index in [-0.39, 0.29) is 6.42 Å². The minimum absolute atomic E-state index is 0.199. The highest BCUT2D eigenvalue weighted by atomic mass is 16.6. The van der Waals surface area contributed by atoms with Gasteiger partial charge in [-0.2, -0.15) is 0 Å². The van der Waals surface area contributed by atoms with Gasteiger partial charge in [0.2, 0.25) is 5.91 Å². The van der Waals surface area contributed by atoms with E-state index >= 15 is 0 Å². The molecule has 0 fully saturated rings. The highest BCUT2D eigenvalue weighted by molar-refractivity contribution is 6.12. The topological polar surface area (TPSA) is 82.3 Å². The maximum atomic E-state index is 12.8. The van der Waals surface area contributed by atoms with E-state index in [4.69, 9.17) is 10.5 Å². The highest BCUT2D eigenvalue weighted by Gasteiger charge is 2.36. The summed E-state index contributed by atoms with van der Waals surface area (Å²) in [5, 5.41) is 2.22. The van der Waals surface area contributed by atoms with Gasteiger partial charge in [-0.25, -0.2) is 9.78 Å². The molecule has 1 heterocycles. The summed E-state index contributed by atoms with van der Waals surface area (Å²) in [5.74, 6) is -0.930. The average Bonchev–Trinajstić information content (AvgIpc) is 2.50. The van der Waals surface area contributed by atoms with Gasteiger partial charge in [0.05, 0.1) is 16.3 Å². The Morgan fingerprint density at radius 1 is 1.24 bits per heavy atom. The molecule has 0 spiro atoms. The normalized spacial score (nSPS) is 19.9. The standard InChI is InChI=1S/C20H22N2O3/c1-19(2,3)25-17(23)14-10-20(4,18(21)24)11-16-13(14)9-12-7-5-6-8-15(12)22-16/h5-9,11H,10H2,1-4H3,(H2,21,24). The van der Waals surface area contributed by atoms with E-state index in [1.807, 2.05) is 51.1 Å². The second kappa shape index (κ2) is 5.69. The third-order valence-corrected chi connectivity index (χ3v) is 4.29. The lowest BCUT2D eigenvalue weighted by Gasteiger charge is -2.28. The zero-order chi connectivity index (χ0) is 18.4. The van der Waals surface area contributed by atoms with Gasteiger partial charge in [-0.3, -0.25) is 4.79 Å². The number of ether oxygens (including phenoxy) is 1. The van der Waals surface area contributed by atoms with Gasteiger partial charge in [0, 0.05) is 16.2 Å². The van der Waals surface area contributed by atoms with Crippen LogP contribution in [0.15, 0.2) is 30.3 Å². The SMILES string of the molecule is CC(C)(C)OC(=O)C1=c2cc3ccccc3nc2=CC(C)(C(N)=O)C1. The van der Waals surface area contributed by atoms with Gasteiger partial charge in [-0.15, -0.1) is 0 Å². The van der Waals surface area contributed by atoms with Gasteiger partial charge < -0.3 is 10.5 Å². The maximum absolute atomic E-state index is 12.8. The minimum Gasteiger partial charge on any atom is -0.457 e. The zero-order valence-corrected chi connectivity index (χ0v) is 14.9. The predicted octanol–water partition coefficient (Wildman–Crippen LogP) is 1.40. The summed E-state index contributed by atoms with van der Waals surface area (Å²) in [6.07, 6.45) is 1.95. The molecule has 1 atom stereocenters. The second-order valence-corrected chi connectivity index (χ2v) is 7.70. The van der Waals surface area contributed by atoms with Crippen molar-refractivity contribution in [2.24, 2.45) is 11.1 Å². The first-order chi connectivity index (χ1) is 11.6. The third-order valence-electron chi connectivity index (χ3n) is 4.29. The first kappa shape index (κ1) is 17.1. The van der Waals surface area contributed by atoms with Crippen molar-refractivity contribution in [3.05, 3.63) is 40.9 Å². The number of pyridine rings is 1. The Labute approximate surface area is 146 Å². The van der Waals surface area contributed by atoms with Crippen LogP contribution in [0.3, 0.4) is 0 Å². The van der Waals surface area contributed by atoms with E-state index in [9.17, 15) is 9.59 Å². The third kappa shape index (κ3) is 3.27. The summed E-state index contributed by atoms with van der Waals surface area (Å²) in [5.41, 5.74) is 5.23. The first-order valence-electron chi connectivity index (χ1n) is 8.24. The molecule has 1 aliphatic rings. The van der Waals surface area contributed by atoms with Crippen LogP contribution in [0.2, 0.25) is 0 Å². The van der Waals surface area contributed by atoms with Crippen LogP contribution in [0.1, 0.15) is 34.1 Å². The Hall–Kier alpha value is -2.69. The average molecular weight is 338 g/mol. The van der Waals surface area contributed by atoms with Crippen molar-refractivity contribution in [3.8, 4) is 0 Å². The molecule has 25 heavy (non-hydrogen) atoms. The van der Waals surface area contributed by atoms with Gasteiger partial charge in [-0.05, 0) is 52.3 Å². The molecule has 1 aromatic heterocycles. The molecule has 3 rings (SSSR count). The van der Waals surface area contributed by atoms with E-state index in [0.29, 0.717) is 16.1 Å². The maximum Gasteiger partial charge on any atom is 0.335 e. The number of esters is 1. The summed E-state index contributed by atoms with van der Waals surface area (Å²) >= 11 is 0. The van der Waals surface area contributed by atoms with Crippen molar-refractivity contribution >= 4 is 34.4 Å². The summed E-state index contributed by atoms with van der Waals surface area (Å²) in [4.78, 5) is 29.4. The highest BCUT2D eigenvalue weighted by Crippen LogP contribution is 2.30. The molecule has 1 amide bonds. The van der Waals surface area contributed by atoms with Crippen molar-refractivity contribution in [3.63, 3.8) is 0 Å². The van der Waals surface area contributed by atoms with Gasteiger partial charge >= 0.3 is 5.97 Å². The molecule has 1 aromatic carbocycles. The predicted molar refractivity (Wildman–Crippen MR) is 96.6 cm³/mol. The van der Waals surface area contributed by atoms with Crippen molar-refractivity contribution in [2.75, 3.05) is 0 Å².